The number of nitrogens with zero attached hydrogens (tertiary/aromatic N) is 2. The summed E-state index contributed by atoms with van der Waals surface area (Å²) in [6.45, 7) is 0. The fraction of sp³-hybridized carbons (Fsp3) is 0.0625. The van der Waals surface area contributed by atoms with Crippen molar-refractivity contribution in [3.8, 4) is 11.5 Å². The molecule has 0 aromatic heterocycles. The first-order valence-electron chi connectivity index (χ1n) is 12.4. The number of fused-ring (bicyclic) bond motifs is 2. The Labute approximate surface area is 229 Å². The zero-order valence-corrected chi connectivity index (χ0v) is 21.6. The minimum absolute atomic E-state index is 0.176. The van der Waals surface area contributed by atoms with E-state index in [1.54, 1.807) is 97.1 Å². The van der Waals surface area contributed by atoms with Crippen LogP contribution in [0.5, 0.6) is 11.5 Å². The van der Waals surface area contributed by atoms with E-state index in [0.29, 0.717) is 22.9 Å². The van der Waals surface area contributed by atoms with Crippen LogP contribution in [0.1, 0.15) is 41.4 Å². The summed E-state index contributed by atoms with van der Waals surface area (Å²) in [6.07, 6.45) is 0. The molecule has 0 bridgehead atoms. The average molecular weight is 531 g/mol. The number of carbonyl (C=O) groups excluding carboxylic acids is 4. The van der Waals surface area contributed by atoms with Crippen LogP contribution in [0, 0.1) is 0 Å². The highest BCUT2D eigenvalue weighted by Crippen LogP contribution is 2.43. The molecule has 0 N–H and O–H groups in total. The van der Waals surface area contributed by atoms with Gasteiger partial charge in [0.25, 0.3) is 11.8 Å². The van der Waals surface area contributed by atoms with Gasteiger partial charge in [-0.05, 0) is 72.8 Å². The highest BCUT2D eigenvalue weighted by atomic mass is 16.5. The van der Waals surface area contributed by atoms with Crippen molar-refractivity contribution in [2.24, 2.45) is 0 Å². The molecule has 0 aliphatic carbocycles. The van der Waals surface area contributed by atoms with E-state index in [1.165, 1.54) is 24.0 Å². The molecular formula is C32H22N2O6. The number of carbonyl (C=O) groups is 4. The van der Waals surface area contributed by atoms with E-state index in [9.17, 15) is 19.2 Å². The molecule has 2 amide bonds. The fourth-order valence-corrected chi connectivity index (χ4v) is 4.99. The van der Waals surface area contributed by atoms with Gasteiger partial charge in [-0.3, -0.25) is 29.0 Å². The van der Waals surface area contributed by atoms with Crippen LogP contribution in [0.15, 0.2) is 108 Å². The molecule has 0 fully saturated rings. The van der Waals surface area contributed by atoms with E-state index < -0.39 is 23.4 Å². The van der Waals surface area contributed by atoms with Gasteiger partial charge < -0.3 is 9.47 Å². The lowest BCUT2D eigenvalue weighted by Crippen LogP contribution is -2.36. The summed E-state index contributed by atoms with van der Waals surface area (Å²) < 4.78 is 10.4. The third-order valence-corrected chi connectivity index (χ3v) is 6.96. The van der Waals surface area contributed by atoms with E-state index >= 15 is 0 Å². The van der Waals surface area contributed by atoms with Crippen molar-refractivity contribution in [3.63, 3.8) is 0 Å². The number of Topliss-reactive ketones (excluding diaryl/α,β-unsaturated/α-hetero) is 2. The second-order valence-electron chi connectivity index (χ2n) is 9.13. The van der Waals surface area contributed by atoms with Crippen LogP contribution in [-0.2, 0) is 0 Å². The topological polar surface area (TPSA) is 93.2 Å². The molecule has 2 aliphatic heterocycles. The maximum Gasteiger partial charge on any atom is 0.263 e. The largest absolute Gasteiger partial charge is 0.497 e. The number of allylic oxidation sites excluding steroid dienone is 2. The van der Waals surface area contributed by atoms with Crippen molar-refractivity contribution < 1.29 is 28.7 Å². The summed E-state index contributed by atoms with van der Waals surface area (Å²) in [5, 5.41) is 0. The first-order valence-corrected chi connectivity index (χ1v) is 12.4. The Morgan fingerprint density at radius 3 is 1.23 bits per heavy atom. The summed E-state index contributed by atoms with van der Waals surface area (Å²) >= 11 is 0. The molecule has 6 rings (SSSR count). The minimum atomic E-state index is -0.527. The molecule has 0 unspecified atom stereocenters. The van der Waals surface area contributed by atoms with Crippen LogP contribution in [0.2, 0.25) is 0 Å². The van der Waals surface area contributed by atoms with Crippen LogP contribution in [0.3, 0.4) is 0 Å². The highest BCUT2D eigenvalue weighted by molar-refractivity contribution is 6.35. The van der Waals surface area contributed by atoms with Gasteiger partial charge in [0.05, 0.1) is 25.6 Å². The van der Waals surface area contributed by atoms with Gasteiger partial charge in [0, 0.05) is 22.3 Å². The Kier molecular flexibility index (Phi) is 6.00. The van der Waals surface area contributed by atoms with Crippen molar-refractivity contribution in [2.75, 3.05) is 24.0 Å². The maximum absolute atomic E-state index is 14.0. The Hall–Kier alpha value is -5.50. The number of benzene rings is 4. The van der Waals surface area contributed by atoms with Crippen molar-refractivity contribution in [1.29, 1.82) is 0 Å². The molecule has 4 aromatic rings. The molecule has 2 heterocycles. The highest BCUT2D eigenvalue weighted by Gasteiger charge is 2.46. The van der Waals surface area contributed by atoms with Crippen LogP contribution in [0.25, 0.3) is 0 Å². The first kappa shape index (κ1) is 24.8. The smallest absolute Gasteiger partial charge is 0.263 e. The van der Waals surface area contributed by atoms with Crippen LogP contribution >= 0.6 is 0 Å². The molecule has 8 heteroatoms. The number of anilines is 2. The molecule has 8 nitrogen and oxygen atoms in total. The maximum atomic E-state index is 14.0. The fourth-order valence-electron chi connectivity index (χ4n) is 4.99. The Balaban J connectivity index is 1.57. The van der Waals surface area contributed by atoms with Crippen molar-refractivity contribution >= 4 is 34.8 Å². The number of methoxy groups -OCH3 is 2. The van der Waals surface area contributed by atoms with E-state index in [-0.39, 0.29) is 33.6 Å². The first-order chi connectivity index (χ1) is 19.4. The number of ether oxygens (including phenoxy) is 2. The third kappa shape index (κ3) is 3.77. The number of hydrogen-bond acceptors (Lipinski definition) is 6. The van der Waals surface area contributed by atoms with Gasteiger partial charge in [0.1, 0.15) is 22.9 Å². The third-order valence-electron chi connectivity index (χ3n) is 6.96. The summed E-state index contributed by atoms with van der Waals surface area (Å²) in [4.78, 5) is 58.3. The molecule has 40 heavy (non-hydrogen) atoms. The van der Waals surface area contributed by atoms with Gasteiger partial charge in [-0.2, -0.15) is 0 Å². The number of rotatable bonds is 4. The van der Waals surface area contributed by atoms with E-state index in [2.05, 4.69) is 0 Å². The molecule has 0 radical (unpaired) electrons. The monoisotopic (exact) mass is 530 g/mol. The zero-order chi connectivity index (χ0) is 28.0. The predicted molar refractivity (Wildman–Crippen MR) is 148 cm³/mol. The van der Waals surface area contributed by atoms with E-state index in [0.717, 1.165) is 0 Å². The summed E-state index contributed by atoms with van der Waals surface area (Å²) in [5.41, 5.74) is 1.38. The lowest BCUT2D eigenvalue weighted by Gasteiger charge is -2.24. The quantitative estimate of drug-likeness (QED) is 0.333. The van der Waals surface area contributed by atoms with Gasteiger partial charge in [-0.25, -0.2) is 0 Å². The second kappa shape index (κ2) is 9.67. The zero-order valence-electron chi connectivity index (χ0n) is 21.6. The van der Waals surface area contributed by atoms with E-state index in [1.807, 2.05) is 0 Å². The molecular weight excluding hydrogens is 508 g/mol. The van der Waals surface area contributed by atoms with Gasteiger partial charge in [0.2, 0.25) is 11.6 Å². The standard InChI is InChI=1S/C32H22N2O6/c1-39-21-15-11-19(12-16-21)31(37)33-25-9-5-3-7-23(25)29(35)27(33)28-30(36)24-8-4-6-10-26(24)34(28)32(38)20-13-17-22(40-2)18-14-20/h3-18H,1-2H3/b28-27+. The summed E-state index contributed by atoms with van der Waals surface area (Å²) in [7, 11) is 3.04. The minimum Gasteiger partial charge on any atom is -0.497 e. The average Bonchev–Trinajstić information content (AvgIpc) is 3.46. The number of hydrogen-bond donors (Lipinski definition) is 0. The lowest BCUT2D eigenvalue weighted by molar-refractivity contribution is 0.0953. The molecule has 0 saturated heterocycles. The molecule has 2 aliphatic rings. The normalized spacial score (nSPS) is 15.7. The van der Waals surface area contributed by atoms with Crippen molar-refractivity contribution in [1.82, 2.24) is 0 Å². The Morgan fingerprint density at radius 1 is 0.525 bits per heavy atom. The van der Waals surface area contributed by atoms with Crippen LogP contribution < -0.4 is 19.3 Å². The number of para-hydroxylation sites is 2. The lowest BCUT2D eigenvalue weighted by atomic mass is 10.1. The predicted octanol–water partition coefficient (Wildman–Crippen LogP) is 5.30. The second-order valence-corrected chi connectivity index (χ2v) is 9.13. The van der Waals surface area contributed by atoms with Gasteiger partial charge >= 0.3 is 0 Å². The summed E-state index contributed by atoms with van der Waals surface area (Å²) in [5.74, 6) is -0.980. The number of ketones is 2. The Bertz CT molecular complexity index is 1610. The van der Waals surface area contributed by atoms with Gasteiger partial charge in [0.15, 0.2) is 0 Å². The van der Waals surface area contributed by atoms with E-state index in [4.69, 9.17) is 9.47 Å². The number of amides is 2. The molecule has 196 valence electrons. The van der Waals surface area contributed by atoms with Gasteiger partial charge in [-0.1, -0.05) is 24.3 Å². The molecule has 0 spiro atoms. The van der Waals surface area contributed by atoms with Crippen LogP contribution in [-0.4, -0.2) is 37.6 Å². The van der Waals surface area contributed by atoms with Crippen molar-refractivity contribution in [2.45, 2.75) is 0 Å². The molecule has 4 aromatic carbocycles. The molecule has 0 saturated carbocycles. The van der Waals surface area contributed by atoms with Crippen molar-refractivity contribution in [3.05, 3.63) is 131 Å². The molecule has 0 atom stereocenters. The Morgan fingerprint density at radius 2 is 0.875 bits per heavy atom. The van der Waals surface area contributed by atoms with Crippen LogP contribution in [0.4, 0.5) is 11.4 Å². The SMILES string of the molecule is COc1ccc(C(=O)N2/C(=C3\C(=O)c4ccccc4N3C(=O)c3ccc(OC)cc3)C(=O)c3ccccc32)cc1. The summed E-state index contributed by atoms with van der Waals surface area (Å²) in [6, 6.07) is 26.2. The van der Waals surface area contributed by atoms with Gasteiger partial charge in [-0.15, -0.1) is 0 Å².